The van der Waals surface area contributed by atoms with E-state index in [4.69, 9.17) is 9.15 Å². The average molecular weight is 413 g/mol. The molecule has 0 bridgehead atoms. The summed E-state index contributed by atoms with van der Waals surface area (Å²) in [6.45, 7) is 0.847. The molecule has 6 nitrogen and oxygen atoms in total. The molecule has 3 rings (SSSR count). The molecule has 0 unspecified atom stereocenters. The maximum atomic E-state index is 13.1. The lowest BCUT2D eigenvalue weighted by molar-refractivity contribution is 0.0717. The molecule has 152 valence electrons. The van der Waals surface area contributed by atoms with E-state index in [-0.39, 0.29) is 23.2 Å². The maximum Gasteiger partial charge on any atom is 0.254 e. The minimum atomic E-state index is -3.44. The summed E-state index contributed by atoms with van der Waals surface area (Å²) in [5, 5.41) is 0. The quantitative estimate of drug-likeness (QED) is 0.536. The number of furan rings is 1. The fraction of sp³-hybridized carbons (Fsp3) is 0.227. The lowest BCUT2D eigenvalue weighted by Crippen LogP contribution is -2.30. The molecule has 2 aromatic carbocycles. The van der Waals surface area contributed by atoms with E-state index < -0.39 is 9.84 Å². The van der Waals surface area contributed by atoms with Crippen molar-refractivity contribution in [2.24, 2.45) is 0 Å². The largest absolute Gasteiger partial charge is 0.467 e. The minimum absolute atomic E-state index is 0.102. The Morgan fingerprint density at radius 1 is 0.966 bits per heavy atom. The van der Waals surface area contributed by atoms with Gasteiger partial charge in [-0.3, -0.25) is 4.79 Å². The number of ether oxygens (including phenoxy) is 1. The molecule has 0 N–H and O–H groups in total. The number of methoxy groups -OCH3 is 1. The number of nitrogens with zero attached hydrogens (tertiary/aromatic N) is 1. The molecule has 0 aliphatic heterocycles. The Bertz CT molecular complexity index is 1010. The summed E-state index contributed by atoms with van der Waals surface area (Å²) in [6, 6.07) is 19.3. The molecule has 7 heteroatoms. The number of amides is 1. The summed E-state index contributed by atoms with van der Waals surface area (Å²) >= 11 is 0. The molecule has 0 spiro atoms. The van der Waals surface area contributed by atoms with E-state index in [1.807, 2.05) is 36.4 Å². The Labute approximate surface area is 170 Å². The van der Waals surface area contributed by atoms with E-state index in [9.17, 15) is 13.2 Å². The number of sulfone groups is 1. The highest BCUT2D eigenvalue weighted by Gasteiger charge is 2.20. The van der Waals surface area contributed by atoms with Gasteiger partial charge in [-0.2, -0.15) is 0 Å². The Balaban J connectivity index is 1.81. The van der Waals surface area contributed by atoms with Gasteiger partial charge >= 0.3 is 0 Å². The zero-order valence-corrected chi connectivity index (χ0v) is 17.0. The highest BCUT2D eigenvalue weighted by Crippen LogP contribution is 2.17. The Kier molecular flexibility index (Phi) is 6.85. The first-order valence-electron chi connectivity index (χ1n) is 9.17. The molecule has 0 aliphatic carbocycles. The summed E-state index contributed by atoms with van der Waals surface area (Å²) in [6.07, 6.45) is 1.57. The number of carbonyl (C=O) groups excluding carboxylic acids is 1. The third kappa shape index (κ3) is 5.56. The van der Waals surface area contributed by atoms with Crippen molar-refractivity contribution in [2.75, 3.05) is 19.5 Å². The van der Waals surface area contributed by atoms with E-state index in [1.165, 1.54) is 19.2 Å². The summed E-state index contributed by atoms with van der Waals surface area (Å²) < 4.78 is 34.8. The van der Waals surface area contributed by atoms with Crippen molar-refractivity contribution in [1.82, 2.24) is 4.90 Å². The van der Waals surface area contributed by atoms with Crippen LogP contribution in [0.5, 0.6) is 0 Å². The van der Waals surface area contributed by atoms with Crippen LogP contribution in [-0.4, -0.2) is 38.7 Å². The fourth-order valence-electron chi connectivity index (χ4n) is 2.89. The molecule has 1 amide bonds. The SMILES string of the molecule is COCCS(=O)(=O)c1ccc(C(=O)N(Cc2ccccc2)Cc2ccco2)cc1. The lowest BCUT2D eigenvalue weighted by atomic mass is 10.1. The van der Waals surface area contributed by atoms with Crippen LogP contribution in [0.4, 0.5) is 0 Å². The van der Waals surface area contributed by atoms with Gasteiger partial charge in [0.25, 0.3) is 5.91 Å². The predicted molar refractivity (Wildman–Crippen MR) is 109 cm³/mol. The average Bonchev–Trinajstić information content (AvgIpc) is 3.25. The molecule has 0 fully saturated rings. The van der Waals surface area contributed by atoms with Crippen LogP contribution >= 0.6 is 0 Å². The van der Waals surface area contributed by atoms with E-state index >= 15 is 0 Å². The van der Waals surface area contributed by atoms with Gasteiger partial charge in [0.2, 0.25) is 0 Å². The second-order valence-electron chi connectivity index (χ2n) is 6.56. The number of carbonyl (C=O) groups is 1. The summed E-state index contributed by atoms with van der Waals surface area (Å²) in [5.41, 5.74) is 1.41. The van der Waals surface area contributed by atoms with Crippen LogP contribution in [0.25, 0.3) is 0 Å². The molecule has 0 saturated carbocycles. The Morgan fingerprint density at radius 3 is 2.31 bits per heavy atom. The molecular weight excluding hydrogens is 390 g/mol. The maximum absolute atomic E-state index is 13.1. The van der Waals surface area contributed by atoms with Gasteiger partial charge in [0.15, 0.2) is 9.84 Å². The van der Waals surface area contributed by atoms with Crippen molar-refractivity contribution in [3.8, 4) is 0 Å². The lowest BCUT2D eigenvalue weighted by Gasteiger charge is -2.22. The van der Waals surface area contributed by atoms with Crippen LogP contribution < -0.4 is 0 Å². The summed E-state index contributed by atoms with van der Waals surface area (Å²) in [4.78, 5) is 15.0. The van der Waals surface area contributed by atoms with Crippen LogP contribution in [-0.2, 0) is 27.7 Å². The standard InChI is InChI=1S/C22H23NO5S/c1-27-14-15-29(25,26)21-11-9-19(10-12-21)22(24)23(17-20-8-5-13-28-20)16-18-6-3-2-4-7-18/h2-13H,14-17H2,1H3. The first kappa shape index (κ1) is 20.8. The van der Waals surface area contributed by atoms with Crippen molar-refractivity contribution in [2.45, 2.75) is 18.0 Å². The smallest absolute Gasteiger partial charge is 0.254 e. The molecular formula is C22H23NO5S. The van der Waals surface area contributed by atoms with Gasteiger partial charge in [-0.25, -0.2) is 8.42 Å². The Morgan fingerprint density at radius 2 is 1.69 bits per heavy atom. The van der Waals surface area contributed by atoms with Gasteiger partial charge < -0.3 is 14.1 Å². The second kappa shape index (κ2) is 9.54. The Hall–Kier alpha value is -2.90. The van der Waals surface area contributed by atoms with E-state index in [1.54, 1.807) is 29.4 Å². The zero-order valence-electron chi connectivity index (χ0n) is 16.2. The van der Waals surface area contributed by atoms with Crippen LogP contribution in [0, 0.1) is 0 Å². The molecule has 1 aromatic heterocycles. The normalized spacial score (nSPS) is 11.3. The first-order valence-corrected chi connectivity index (χ1v) is 10.8. The predicted octanol–water partition coefficient (Wildman–Crippen LogP) is 3.54. The van der Waals surface area contributed by atoms with Crippen molar-refractivity contribution >= 4 is 15.7 Å². The molecule has 1 heterocycles. The molecule has 0 saturated heterocycles. The second-order valence-corrected chi connectivity index (χ2v) is 8.67. The zero-order chi connectivity index (χ0) is 20.7. The highest BCUT2D eigenvalue weighted by molar-refractivity contribution is 7.91. The van der Waals surface area contributed by atoms with Gasteiger partial charge in [0.05, 0.1) is 30.1 Å². The fourth-order valence-corrected chi connectivity index (χ4v) is 4.06. The number of hydrogen-bond donors (Lipinski definition) is 0. The van der Waals surface area contributed by atoms with Gasteiger partial charge in [-0.05, 0) is 42.0 Å². The van der Waals surface area contributed by atoms with Gasteiger partial charge in [-0.15, -0.1) is 0 Å². The topological polar surface area (TPSA) is 76.8 Å². The van der Waals surface area contributed by atoms with Gasteiger partial charge in [0, 0.05) is 19.2 Å². The van der Waals surface area contributed by atoms with Crippen LogP contribution in [0.15, 0.2) is 82.3 Å². The molecule has 0 aliphatic rings. The number of rotatable bonds is 9. The van der Waals surface area contributed by atoms with Crippen molar-refractivity contribution < 1.29 is 22.4 Å². The van der Waals surface area contributed by atoms with E-state index in [2.05, 4.69) is 0 Å². The summed E-state index contributed by atoms with van der Waals surface area (Å²) in [5.74, 6) is 0.370. The van der Waals surface area contributed by atoms with Gasteiger partial charge in [0.1, 0.15) is 5.76 Å². The monoisotopic (exact) mass is 413 g/mol. The highest BCUT2D eigenvalue weighted by atomic mass is 32.2. The molecule has 0 radical (unpaired) electrons. The van der Waals surface area contributed by atoms with Crippen molar-refractivity contribution in [3.05, 3.63) is 89.9 Å². The van der Waals surface area contributed by atoms with Crippen molar-refractivity contribution in [3.63, 3.8) is 0 Å². The third-order valence-electron chi connectivity index (χ3n) is 4.45. The number of benzene rings is 2. The summed E-state index contributed by atoms with van der Waals surface area (Å²) in [7, 11) is -1.98. The minimum Gasteiger partial charge on any atom is -0.467 e. The number of hydrogen-bond acceptors (Lipinski definition) is 5. The van der Waals surface area contributed by atoms with Crippen LogP contribution in [0.3, 0.4) is 0 Å². The van der Waals surface area contributed by atoms with E-state index in [0.29, 0.717) is 24.4 Å². The molecule has 3 aromatic rings. The van der Waals surface area contributed by atoms with Gasteiger partial charge in [-0.1, -0.05) is 30.3 Å². The third-order valence-corrected chi connectivity index (χ3v) is 6.14. The molecule has 29 heavy (non-hydrogen) atoms. The van der Waals surface area contributed by atoms with Crippen molar-refractivity contribution in [1.29, 1.82) is 0 Å². The first-order chi connectivity index (χ1) is 14.0. The van der Waals surface area contributed by atoms with Crippen LogP contribution in [0.2, 0.25) is 0 Å². The van der Waals surface area contributed by atoms with E-state index in [0.717, 1.165) is 5.56 Å². The molecule has 0 atom stereocenters. The van der Waals surface area contributed by atoms with Crippen LogP contribution in [0.1, 0.15) is 21.7 Å².